The molecule has 0 aliphatic rings. The molecular weight excluding hydrogens is 206 g/mol. The number of para-hydroxylation sites is 1. The van der Waals surface area contributed by atoms with Crippen molar-refractivity contribution in [2.45, 2.75) is 20.1 Å². The van der Waals surface area contributed by atoms with Crippen LogP contribution in [0.2, 0.25) is 0 Å². The van der Waals surface area contributed by atoms with Crippen LogP contribution in [0.1, 0.15) is 20.1 Å². The summed E-state index contributed by atoms with van der Waals surface area (Å²) >= 11 is 0. The van der Waals surface area contributed by atoms with Crippen LogP contribution in [-0.4, -0.2) is 15.6 Å². The minimum absolute atomic E-state index is 0.182. The van der Waals surface area contributed by atoms with Crippen LogP contribution in [-0.2, 0) is 9.53 Å². The van der Waals surface area contributed by atoms with E-state index in [1.54, 1.807) is 29.8 Å². The Balaban J connectivity index is 2.48. The van der Waals surface area contributed by atoms with E-state index in [0.29, 0.717) is 5.52 Å². The zero-order chi connectivity index (χ0) is 11.7. The Morgan fingerprint density at radius 1 is 1.44 bits per heavy atom. The van der Waals surface area contributed by atoms with Gasteiger partial charge < -0.3 is 14.4 Å². The van der Waals surface area contributed by atoms with Gasteiger partial charge in [0.2, 0.25) is 0 Å². The lowest BCUT2D eigenvalue weighted by Gasteiger charge is -2.15. The van der Waals surface area contributed by atoms with E-state index in [4.69, 9.17) is 4.74 Å². The van der Waals surface area contributed by atoms with Crippen molar-refractivity contribution in [3.05, 3.63) is 30.5 Å². The Labute approximate surface area is 93.1 Å². The molecule has 1 aromatic carbocycles. The lowest BCUT2D eigenvalue weighted by Crippen LogP contribution is -2.11. The molecule has 2 aromatic rings. The van der Waals surface area contributed by atoms with Crippen LogP contribution in [0.5, 0.6) is 5.75 Å². The number of fused-ring (bicyclic) bond motifs is 1. The van der Waals surface area contributed by atoms with Gasteiger partial charge in [-0.1, -0.05) is 12.1 Å². The number of hydrogen-bond donors (Lipinski definition) is 1. The summed E-state index contributed by atoms with van der Waals surface area (Å²) < 4.78 is 6.80. The second-order valence-corrected chi connectivity index (χ2v) is 3.65. The van der Waals surface area contributed by atoms with Crippen LogP contribution in [0.3, 0.4) is 0 Å². The van der Waals surface area contributed by atoms with Crippen LogP contribution in [0.25, 0.3) is 10.9 Å². The number of carbonyl (C=O) groups excluding carboxylic acids is 1. The van der Waals surface area contributed by atoms with E-state index in [0.717, 1.165) is 5.39 Å². The highest BCUT2D eigenvalue weighted by Crippen LogP contribution is 2.28. The van der Waals surface area contributed by atoms with Crippen LogP contribution in [0.15, 0.2) is 30.5 Å². The minimum Gasteiger partial charge on any atom is -0.506 e. The standard InChI is InChI=1S/C12H13NO3/c1-8(16-9(2)14)13-7-6-10-4-3-5-11(15)12(10)13/h3-8,15H,1-2H3. The van der Waals surface area contributed by atoms with E-state index in [9.17, 15) is 9.90 Å². The van der Waals surface area contributed by atoms with Gasteiger partial charge >= 0.3 is 5.97 Å². The molecule has 84 valence electrons. The SMILES string of the molecule is CC(=O)OC(C)n1ccc2cccc(O)c21. The number of carbonyl (C=O) groups is 1. The molecule has 0 fully saturated rings. The summed E-state index contributed by atoms with van der Waals surface area (Å²) in [5.41, 5.74) is 0.677. The Bertz CT molecular complexity index is 530. The van der Waals surface area contributed by atoms with Crippen molar-refractivity contribution >= 4 is 16.9 Å². The number of benzene rings is 1. The molecule has 4 nitrogen and oxygen atoms in total. The number of nitrogens with zero attached hydrogens (tertiary/aromatic N) is 1. The number of phenolic OH excluding ortho intramolecular Hbond substituents is 1. The molecule has 0 spiro atoms. The summed E-state index contributed by atoms with van der Waals surface area (Å²) in [6, 6.07) is 7.15. The molecule has 0 aliphatic heterocycles. The van der Waals surface area contributed by atoms with Crippen molar-refractivity contribution in [2.24, 2.45) is 0 Å². The van der Waals surface area contributed by atoms with Crippen molar-refractivity contribution in [2.75, 3.05) is 0 Å². The molecule has 0 aliphatic carbocycles. The highest BCUT2D eigenvalue weighted by atomic mass is 16.6. The van der Waals surface area contributed by atoms with Gasteiger partial charge in [0.15, 0.2) is 6.23 Å². The highest BCUT2D eigenvalue weighted by Gasteiger charge is 2.12. The predicted molar refractivity (Wildman–Crippen MR) is 60.1 cm³/mol. The van der Waals surface area contributed by atoms with Crippen LogP contribution < -0.4 is 0 Å². The second kappa shape index (κ2) is 3.89. The van der Waals surface area contributed by atoms with Crippen LogP contribution >= 0.6 is 0 Å². The summed E-state index contributed by atoms with van der Waals surface area (Å²) in [7, 11) is 0. The molecule has 2 rings (SSSR count). The van der Waals surface area contributed by atoms with E-state index in [1.165, 1.54) is 6.92 Å². The number of hydrogen-bond acceptors (Lipinski definition) is 3. The van der Waals surface area contributed by atoms with Gasteiger partial charge in [0, 0.05) is 18.5 Å². The summed E-state index contributed by atoms with van der Waals surface area (Å²) in [6.45, 7) is 3.12. The Morgan fingerprint density at radius 3 is 2.88 bits per heavy atom. The molecule has 1 unspecified atom stereocenters. The largest absolute Gasteiger partial charge is 0.506 e. The second-order valence-electron chi connectivity index (χ2n) is 3.65. The van der Waals surface area contributed by atoms with Crippen LogP contribution in [0.4, 0.5) is 0 Å². The Kier molecular flexibility index (Phi) is 2.56. The number of esters is 1. The third-order valence-electron chi connectivity index (χ3n) is 2.45. The van der Waals surface area contributed by atoms with Crippen molar-refractivity contribution in [3.63, 3.8) is 0 Å². The smallest absolute Gasteiger partial charge is 0.304 e. The van der Waals surface area contributed by atoms with Crippen molar-refractivity contribution in [1.82, 2.24) is 4.57 Å². The van der Waals surface area contributed by atoms with Crippen LogP contribution in [0, 0.1) is 0 Å². The molecule has 0 amide bonds. The van der Waals surface area contributed by atoms with E-state index in [2.05, 4.69) is 0 Å². The third kappa shape index (κ3) is 1.74. The molecule has 1 N–H and O–H groups in total. The topological polar surface area (TPSA) is 51.5 Å². The molecule has 1 aromatic heterocycles. The molecule has 0 saturated heterocycles. The summed E-state index contributed by atoms with van der Waals surface area (Å²) in [5, 5.41) is 10.7. The normalized spacial score (nSPS) is 12.6. The van der Waals surface area contributed by atoms with Crippen molar-refractivity contribution < 1.29 is 14.6 Å². The van der Waals surface area contributed by atoms with Gasteiger partial charge in [-0.05, 0) is 19.1 Å². The average Bonchev–Trinajstić information content (AvgIpc) is 2.61. The van der Waals surface area contributed by atoms with E-state index in [1.807, 2.05) is 12.1 Å². The first-order valence-electron chi connectivity index (χ1n) is 5.05. The molecule has 4 heteroatoms. The van der Waals surface area contributed by atoms with E-state index < -0.39 is 6.23 Å². The third-order valence-corrected chi connectivity index (χ3v) is 2.45. The van der Waals surface area contributed by atoms with Gasteiger partial charge in [0.05, 0.1) is 5.52 Å². The highest BCUT2D eigenvalue weighted by molar-refractivity contribution is 5.85. The average molecular weight is 219 g/mol. The number of ether oxygens (including phenoxy) is 1. The number of aromatic nitrogens is 1. The fourth-order valence-corrected chi connectivity index (χ4v) is 1.80. The minimum atomic E-state index is -0.428. The molecule has 0 radical (unpaired) electrons. The predicted octanol–water partition coefficient (Wildman–Crippen LogP) is 2.43. The van der Waals surface area contributed by atoms with Crippen molar-refractivity contribution in [1.29, 1.82) is 0 Å². The van der Waals surface area contributed by atoms with Gasteiger partial charge in [-0.15, -0.1) is 0 Å². The van der Waals surface area contributed by atoms with Gasteiger partial charge in [-0.25, -0.2) is 0 Å². The lowest BCUT2D eigenvalue weighted by atomic mass is 10.2. The fraction of sp³-hybridized carbons (Fsp3) is 0.250. The molecule has 16 heavy (non-hydrogen) atoms. The molecule has 0 bridgehead atoms. The quantitative estimate of drug-likeness (QED) is 0.789. The molecule has 1 heterocycles. The van der Waals surface area contributed by atoms with Gasteiger partial charge in [0.1, 0.15) is 5.75 Å². The van der Waals surface area contributed by atoms with Crippen molar-refractivity contribution in [3.8, 4) is 5.75 Å². The monoisotopic (exact) mass is 219 g/mol. The molecule has 1 atom stereocenters. The number of aromatic hydroxyl groups is 1. The van der Waals surface area contributed by atoms with Gasteiger partial charge in [-0.2, -0.15) is 0 Å². The zero-order valence-corrected chi connectivity index (χ0v) is 9.18. The first kappa shape index (κ1) is 10.5. The fourth-order valence-electron chi connectivity index (χ4n) is 1.80. The van der Waals surface area contributed by atoms with Gasteiger partial charge in [-0.3, -0.25) is 4.79 Å². The lowest BCUT2D eigenvalue weighted by molar-refractivity contribution is -0.149. The van der Waals surface area contributed by atoms with Gasteiger partial charge in [0.25, 0.3) is 0 Å². The summed E-state index contributed by atoms with van der Waals surface area (Å²) in [6.07, 6.45) is 1.36. The van der Waals surface area contributed by atoms with E-state index >= 15 is 0 Å². The Morgan fingerprint density at radius 2 is 2.19 bits per heavy atom. The maximum absolute atomic E-state index is 10.9. The Hall–Kier alpha value is -1.97. The maximum Gasteiger partial charge on any atom is 0.304 e. The van der Waals surface area contributed by atoms with E-state index in [-0.39, 0.29) is 11.7 Å². The maximum atomic E-state index is 10.9. The number of rotatable bonds is 2. The molecule has 0 saturated carbocycles. The summed E-state index contributed by atoms with van der Waals surface area (Å²) in [5.74, 6) is -0.161. The first-order chi connectivity index (χ1) is 7.59. The first-order valence-corrected chi connectivity index (χ1v) is 5.05. The summed E-state index contributed by atoms with van der Waals surface area (Å²) in [4.78, 5) is 10.9. The number of phenols is 1. The molecular formula is C12H13NO3. The zero-order valence-electron chi connectivity index (χ0n) is 9.18.